The fourth-order valence-electron chi connectivity index (χ4n) is 10.1. The summed E-state index contributed by atoms with van der Waals surface area (Å²) in [7, 11) is -0.418. The van der Waals surface area contributed by atoms with Crippen molar-refractivity contribution < 1.29 is 25.8 Å². The van der Waals surface area contributed by atoms with Crippen LogP contribution in [0.5, 0.6) is 0 Å². The molecule has 0 unspecified atom stereocenters. The van der Waals surface area contributed by atoms with Gasteiger partial charge in [-0.25, -0.2) is 29.6 Å². The zero-order valence-electron chi connectivity index (χ0n) is 40.5. The van der Waals surface area contributed by atoms with Crippen LogP contribution in [0.3, 0.4) is 0 Å². The van der Waals surface area contributed by atoms with E-state index in [1.54, 1.807) is 43.3 Å². The predicted molar refractivity (Wildman–Crippen MR) is 287 cm³/mol. The van der Waals surface area contributed by atoms with E-state index in [4.69, 9.17) is 33.2 Å². The summed E-state index contributed by atoms with van der Waals surface area (Å²) < 4.78 is 56.7. The molecule has 3 aliphatic heterocycles. The van der Waals surface area contributed by atoms with E-state index in [9.17, 15) is 16.8 Å². The van der Waals surface area contributed by atoms with Gasteiger partial charge in [0.1, 0.15) is 53.9 Å². The van der Waals surface area contributed by atoms with E-state index in [1.807, 2.05) is 80.6 Å². The Morgan fingerprint density at radius 3 is 1.39 bits per heavy atom. The van der Waals surface area contributed by atoms with Gasteiger partial charge in [0.15, 0.2) is 5.16 Å². The quantitative estimate of drug-likeness (QED) is 0.0362. The normalized spacial score (nSPS) is 17.2. The number of quaternary nitrogens is 2. The number of fused-ring (bicyclic) bond motifs is 2. The van der Waals surface area contributed by atoms with Crippen molar-refractivity contribution in [1.29, 1.82) is 0 Å². The Labute approximate surface area is 429 Å². The summed E-state index contributed by atoms with van der Waals surface area (Å²) in [6, 6.07) is 21.6. The molecule has 3 fully saturated rings. The fraction of sp³-hybridized carbons (Fsp3) is 0.375. The first-order valence-corrected chi connectivity index (χ1v) is 28.2. The number of hydrogen-bond acceptors (Lipinski definition) is 15. The molecule has 3 aliphatic rings. The zero-order valence-corrected chi connectivity index (χ0v) is 44.5. The van der Waals surface area contributed by atoms with Crippen LogP contribution >= 0.6 is 35.0 Å². The van der Waals surface area contributed by atoms with Crippen LogP contribution in [-0.2, 0) is 20.0 Å². The monoisotopic (exact) mass is 1060 g/mol. The number of hydrogen-bond donors (Lipinski definition) is 2. The van der Waals surface area contributed by atoms with E-state index in [2.05, 4.69) is 39.6 Å². The molecule has 374 valence electrons. The number of aryl methyl sites for hydroxylation is 1. The number of piperazine rings is 3. The topological polar surface area (TPSA) is 182 Å². The lowest BCUT2D eigenvalue weighted by Crippen LogP contribution is -2.73. The summed E-state index contributed by atoms with van der Waals surface area (Å²) in [5.41, 5.74) is 2.71. The van der Waals surface area contributed by atoms with Gasteiger partial charge in [-0.05, 0) is 37.4 Å². The first-order valence-electron chi connectivity index (χ1n) is 23.3. The fourth-order valence-corrected chi connectivity index (χ4v) is 13.0. The van der Waals surface area contributed by atoms with Gasteiger partial charge in [0.2, 0.25) is 0 Å². The van der Waals surface area contributed by atoms with Gasteiger partial charge in [-0.2, -0.15) is 27.0 Å². The minimum Gasteiger partial charge on any atom is -0.377 e. The van der Waals surface area contributed by atoms with E-state index in [0.29, 0.717) is 44.5 Å². The number of benzene rings is 4. The number of thioether (sulfide) groups is 1. The number of halogens is 2. The number of sulfonamides is 2. The summed E-state index contributed by atoms with van der Waals surface area (Å²) >= 11 is 14.9. The van der Waals surface area contributed by atoms with Crippen molar-refractivity contribution >= 4 is 112 Å². The molecule has 0 bridgehead atoms. The van der Waals surface area contributed by atoms with Crippen molar-refractivity contribution in [2.45, 2.75) is 21.9 Å². The Morgan fingerprint density at radius 1 is 0.577 bits per heavy atom. The predicted octanol–water partition coefficient (Wildman–Crippen LogP) is 5.65. The number of nitrogens with zero attached hydrogens (tertiary/aromatic N) is 12. The van der Waals surface area contributed by atoms with Crippen LogP contribution in [0, 0.1) is 6.92 Å². The Balaban J connectivity index is 0.837. The van der Waals surface area contributed by atoms with Crippen molar-refractivity contribution in [3.63, 3.8) is 0 Å². The number of hydrazone groups is 2. The second-order valence-corrected chi connectivity index (χ2v) is 23.5. The maximum atomic E-state index is 13.7. The van der Waals surface area contributed by atoms with Gasteiger partial charge in [-0.15, -0.1) is 0 Å². The maximum absolute atomic E-state index is 13.7. The van der Waals surface area contributed by atoms with Crippen LogP contribution in [0.15, 0.2) is 97.9 Å². The number of anilines is 4. The standard InChI is InChI=1S/C48H58Cl2N14O4S3/c1-33-53-44(49)38(31-51-57-70(65,66)42-17-9-11-34-36(42)13-7-15-40(34)59(2)3)46(54-33)61-19-23-63(24-20-61)27-29-64(30-28-63)25-21-62(22-26-64)47-39(45(50)55-48(56-47)69-6)32-52-58-71(67,68)43-18-10-12-35-37(43)14-8-16-41(35)60(4)5/h7-18,31-32,57-58H,19-30H2,1-6H3/q+2/b51-31-,52-32-. The summed E-state index contributed by atoms with van der Waals surface area (Å²) in [6.07, 6.45) is 4.71. The molecule has 4 aromatic carbocycles. The molecule has 0 amide bonds. The zero-order chi connectivity index (χ0) is 50.3. The highest BCUT2D eigenvalue weighted by molar-refractivity contribution is 7.98. The number of rotatable bonds is 13. The van der Waals surface area contributed by atoms with Gasteiger partial charge >= 0.3 is 0 Å². The lowest BCUT2D eigenvalue weighted by atomic mass is 10.1. The molecule has 5 heterocycles. The molecule has 71 heavy (non-hydrogen) atoms. The minimum atomic E-state index is -4.05. The highest BCUT2D eigenvalue weighted by atomic mass is 35.5. The SMILES string of the molecule is CSc1nc(Cl)c(/C=N\NS(=O)(=O)c2cccc3c(N(C)C)cccc23)c(N2CC[N+]3(CC2)CC[N+]2(CCN(c4nc(C)nc(Cl)c4/C=N\NS(=O)(=O)c4cccc5c(N(C)C)cccc45)CC2)CC3)n1. The van der Waals surface area contributed by atoms with Gasteiger partial charge in [0.05, 0.1) is 85.7 Å². The summed E-state index contributed by atoms with van der Waals surface area (Å²) in [5, 5.41) is 12.1. The molecular weight excluding hydrogens is 1000 g/mol. The molecule has 0 saturated carbocycles. The lowest BCUT2D eigenvalue weighted by molar-refractivity contribution is -1.03. The maximum Gasteiger partial charge on any atom is 0.277 e. The molecule has 0 aliphatic carbocycles. The number of aromatic nitrogens is 4. The molecule has 6 aromatic rings. The van der Waals surface area contributed by atoms with Crippen molar-refractivity contribution in [1.82, 2.24) is 29.6 Å². The van der Waals surface area contributed by atoms with Gasteiger partial charge in [-0.1, -0.05) is 83.5 Å². The molecule has 2 N–H and O–H groups in total. The summed E-state index contributed by atoms with van der Waals surface area (Å²) in [5.74, 6) is 1.76. The molecule has 23 heteroatoms. The molecule has 18 nitrogen and oxygen atoms in total. The second-order valence-electron chi connectivity index (χ2n) is 18.7. The molecule has 3 saturated heterocycles. The second kappa shape index (κ2) is 20.2. The minimum absolute atomic E-state index is 0.122. The highest BCUT2D eigenvalue weighted by Gasteiger charge is 2.46. The van der Waals surface area contributed by atoms with Gasteiger partial charge in [0, 0.05) is 61.1 Å². The van der Waals surface area contributed by atoms with Gasteiger partial charge in [0.25, 0.3) is 20.0 Å². The van der Waals surface area contributed by atoms with Gasteiger partial charge in [-0.3, -0.25) is 0 Å². The Kier molecular flexibility index (Phi) is 14.3. The van der Waals surface area contributed by atoms with Crippen molar-refractivity contribution in [3.8, 4) is 0 Å². The molecule has 0 atom stereocenters. The molecule has 0 radical (unpaired) electrons. The van der Waals surface area contributed by atoms with E-state index in [0.717, 1.165) is 110 Å². The van der Waals surface area contributed by atoms with E-state index in [-0.39, 0.29) is 20.1 Å². The Hall–Kier alpha value is -5.55. The van der Waals surface area contributed by atoms with Crippen LogP contribution in [0.25, 0.3) is 21.5 Å². The Morgan fingerprint density at radius 2 is 0.972 bits per heavy atom. The third-order valence-corrected chi connectivity index (χ3v) is 17.8. The Bertz CT molecular complexity index is 3280. The molecular formula is C48H58Cl2N14O4S3+2. The van der Waals surface area contributed by atoms with Crippen molar-refractivity contribution in [2.24, 2.45) is 10.2 Å². The van der Waals surface area contributed by atoms with Crippen LogP contribution in [0.4, 0.5) is 23.0 Å². The average molecular weight is 1060 g/mol. The first-order chi connectivity index (χ1) is 33.9. The third kappa shape index (κ3) is 10.3. The smallest absolute Gasteiger partial charge is 0.277 e. The third-order valence-electron chi connectivity index (χ3n) is 14.1. The summed E-state index contributed by atoms with van der Waals surface area (Å²) in [4.78, 5) is 31.9. The van der Waals surface area contributed by atoms with Crippen LogP contribution < -0.4 is 29.3 Å². The molecule has 2 spiro atoms. The first kappa shape index (κ1) is 50.4. The van der Waals surface area contributed by atoms with Crippen LogP contribution in [0.1, 0.15) is 17.0 Å². The average Bonchev–Trinajstić information content (AvgIpc) is 3.35. The van der Waals surface area contributed by atoms with E-state index >= 15 is 0 Å². The van der Waals surface area contributed by atoms with Crippen LogP contribution in [-0.4, -0.2) is 171 Å². The lowest BCUT2D eigenvalue weighted by Gasteiger charge is -2.54. The number of nitrogens with one attached hydrogen (secondary N) is 2. The van der Waals surface area contributed by atoms with Crippen molar-refractivity contribution in [3.05, 3.63) is 100 Å². The molecule has 9 rings (SSSR count). The molecule has 2 aromatic heterocycles. The van der Waals surface area contributed by atoms with Crippen LogP contribution in [0.2, 0.25) is 10.3 Å². The summed E-state index contributed by atoms with van der Waals surface area (Å²) in [6.45, 7) is 12.6. The van der Waals surface area contributed by atoms with Gasteiger partial charge < -0.3 is 28.6 Å². The largest absolute Gasteiger partial charge is 0.377 e. The highest BCUT2D eigenvalue weighted by Crippen LogP contribution is 2.34. The van der Waals surface area contributed by atoms with E-state index < -0.39 is 20.0 Å². The van der Waals surface area contributed by atoms with Crippen molar-refractivity contribution in [2.75, 3.05) is 133 Å². The van der Waals surface area contributed by atoms with E-state index in [1.165, 1.54) is 24.2 Å².